The summed E-state index contributed by atoms with van der Waals surface area (Å²) in [4.78, 5) is 95.2. The van der Waals surface area contributed by atoms with E-state index in [1.54, 1.807) is 17.5 Å². The molecule has 1 saturated heterocycles. The molecule has 0 spiro atoms. The van der Waals surface area contributed by atoms with E-state index in [9.17, 15) is 50.4 Å². The van der Waals surface area contributed by atoms with Gasteiger partial charge in [-0.3, -0.25) is 47.8 Å². The molecule has 1 unspecified atom stereocenters. The molecule has 0 saturated carbocycles. The fourth-order valence-electron chi connectivity index (χ4n) is 6.98. The second-order valence-corrected chi connectivity index (χ2v) is 20.2. The Morgan fingerprint density at radius 2 is 1.62 bits per heavy atom. The molecule has 2 aromatic heterocycles. The first-order valence-electron chi connectivity index (χ1n) is 20.2. The summed E-state index contributed by atoms with van der Waals surface area (Å²) in [5.41, 5.74) is 2.55. The monoisotopic (exact) mass is 958 g/mol. The molecule has 3 aromatic carbocycles. The average molecular weight is 959 g/mol. The number of rotatable bonds is 19. The molecule has 344 valence electrons. The smallest absolute Gasteiger partial charge is 0.264 e. The number of hydrogen-bond acceptors (Lipinski definition) is 15. The largest absolute Gasteiger partial charge is 0.383 e. The molecule has 0 bridgehead atoms. The zero-order chi connectivity index (χ0) is 47.2. The number of benzene rings is 3. The summed E-state index contributed by atoms with van der Waals surface area (Å²) in [5.74, 6) is -5.35. The van der Waals surface area contributed by atoms with Crippen molar-refractivity contribution in [3.63, 3.8) is 0 Å². The van der Waals surface area contributed by atoms with Crippen molar-refractivity contribution in [3.8, 4) is 11.3 Å². The summed E-state index contributed by atoms with van der Waals surface area (Å²) in [6, 6.07) is 18.9. The van der Waals surface area contributed by atoms with E-state index in [0.717, 1.165) is 26.9 Å². The number of ether oxygens (including phenoxy) is 1. The Kier molecular flexibility index (Phi) is 14.2. The van der Waals surface area contributed by atoms with Gasteiger partial charge < -0.3 is 26.0 Å². The topological polar surface area (TPSA) is 278 Å². The van der Waals surface area contributed by atoms with Crippen molar-refractivity contribution >= 4 is 83.4 Å². The fourth-order valence-corrected chi connectivity index (χ4v) is 9.32. The minimum absolute atomic E-state index is 0.00281. The Morgan fingerprint density at radius 1 is 0.879 bits per heavy atom. The van der Waals surface area contributed by atoms with Crippen LogP contribution in [0.3, 0.4) is 0 Å². The number of aromatic nitrogens is 2. The molecule has 2 aliphatic rings. The number of thiazole rings is 1. The van der Waals surface area contributed by atoms with Crippen molar-refractivity contribution in [3.05, 3.63) is 124 Å². The van der Waals surface area contributed by atoms with Gasteiger partial charge in [0, 0.05) is 54.1 Å². The third-order valence-corrected chi connectivity index (χ3v) is 13.8. The van der Waals surface area contributed by atoms with Crippen LogP contribution in [0.5, 0.6) is 0 Å². The normalized spacial score (nSPS) is 15.5. The fraction of sp³-hybridized carbons (Fsp3) is 0.256. The number of nitrogens with zero attached hydrogens (tertiary/aromatic N) is 3. The first-order chi connectivity index (χ1) is 31.5. The number of fused-ring (bicyclic) bond motifs is 1. The van der Waals surface area contributed by atoms with Crippen LogP contribution in [0.2, 0.25) is 0 Å². The van der Waals surface area contributed by atoms with E-state index in [1.807, 2.05) is 30.3 Å². The second-order valence-electron chi connectivity index (χ2n) is 15.1. The van der Waals surface area contributed by atoms with Crippen molar-refractivity contribution < 1.29 is 55.1 Å². The molecule has 5 N–H and O–H groups in total. The van der Waals surface area contributed by atoms with Crippen LogP contribution in [0.1, 0.15) is 59.8 Å². The molecule has 66 heavy (non-hydrogen) atoms. The lowest BCUT2D eigenvalue weighted by Gasteiger charge is -2.27. The van der Waals surface area contributed by atoms with Crippen LogP contribution in [0.25, 0.3) is 11.3 Å². The minimum atomic E-state index is -3.72. The number of anilines is 2. The van der Waals surface area contributed by atoms with Gasteiger partial charge in [0.05, 0.1) is 53.4 Å². The van der Waals surface area contributed by atoms with E-state index in [2.05, 4.69) is 31.6 Å². The molecule has 20 nitrogen and oxygen atoms in total. The van der Waals surface area contributed by atoms with Gasteiger partial charge in [-0.2, -0.15) is 0 Å². The Morgan fingerprint density at radius 3 is 2.33 bits per heavy atom. The van der Waals surface area contributed by atoms with E-state index in [0.29, 0.717) is 11.3 Å². The molecule has 1 fully saturated rings. The summed E-state index contributed by atoms with van der Waals surface area (Å²) in [6.45, 7) is -0.678. The van der Waals surface area contributed by atoms with Gasteiger partial charge in [0.25, 0.3) is 29.5 Å². The van der Waals surface area contributed by atoms with Crippen LogP contribution in [0, 0.1) is 0 Å². The number of piperidine rings is 1. The zero-order valence-electron chi connectivity index (χ0n) is 35.0. The molecule has 5 aromatic rings. The Bertz CT molecular complexity index is 2940. The van der Waals surface area contributed by atoms with E-state index in [-0.39, 0.29) is 78.0 Å². The first kappa shape index (κ1) is 46.9. The van der Waals surface area contributed by atoms with Gasteiger partial charge in [-0.15, -0.1) is 11.3 Å². The van der Waals surface area contributed by atoms with E-state index < -0.39 is 79.0 Å². The van der Waals surface area contributed by atoms with Crippen molar-refractivity contribution in [1.29, 1.82) is 0 Å². The molecular formula is C43H42N8O12S3. The number of imide groups is 2. The van der Waals surface area contributed by atoms with Crippen molar-refractivity contribution in [1.82, 2.24) is 29.8 Å². The summed E-state index contributed by atoms with van der Waals surface area (Å²) in [6.07, 6.45) is 3.27. The van der Waals surface area contributed by atoms with Gasteiger partial charge in [0.1, 0.15) is 12.1 Å². The number of sulfone groups is 1. The van der Waals surface area contributed by atoms with Gasteiger partial charge >= 0.3 is 0 Å². The SMILES string of the molecule is CS(=O)(=O)n1ccc(C(=O)N[C@@H](COCc2ccc(C(=O)NCCS(=O)(=O)CCNc3cccc4c3C(=O)N(C3CCC(=O)NC3=O)C4=O)cc2)C(=O)Nc2nc(-c3ccccc3)cs2)c1. The molecular weight excluding hydrogens is 917 g/mol. The highest BCUT2D eigenvalue weighted by Gasteiger charge is 2.45. The lowest BCUT2D eigenvalue weighted by atomic mass is 10.0. The maximum atomic E-state index is 13.5. The van der Waals surface area contributed by atoms with Gasteiger partial charge in [-0.1, -0.05) is 48.5 Å². The third kappa shape index (κ3) is 11.2. The average Bonchev–Trinajstić information content (AvgIpc) is 4.03. The van der Waals surface area contributed by atoms with Gasteiger partial charge in [-0.25, -0.2) is 21.8 Å². The first-order valence-corrected chi connectivity index (χ1v) is 24.8. The lowest BCUT2D eigenvalue weighted by Crippen LogP contribution is -2.54. The molecule has 7 rings (SSSR count). The molecule has 0 radical (unpaired) electrons. The van der Waals surface area contributed by atoms with Crippen LogP contribution < -0.4 is 26.6 Å². The summed E-state index contributed by atoms with van der Waals surface area (Å²) >= 11 is 1.18. The number of hydrogen-bond donors (Lipinski definition) is 5. The number of nitrogens with one attached hydrogen (secondary N) is 5. The minimum Gasteiger partial charge on any atom is -0.383 e. The van der Waals surface area contributed by atoms with E-state index >= 15 is 0 Å². The highest BCUT2D eigenvalue weighted by molar-refractivity contribution is 7.91. The summed E-state index contributed by atoms with van der Waals surface area (Å²) in [7, 11) is -7.38. The number of carbonyl (C=O) groups is 7. The van der Waals surface area contributed by atoms with E-state index in [1.165, 1.54) is 53.9 Å². The van der Waals surface area contributed by atoms with Gasteiger partial charge in [0.15, 0.2) is 15.0 Å². The van der Waals surface area contributed by atoms with Gasteiger partial charge in [0.2, 0.25) is 21.8 Å². The standard InChI is InChI=1S/C43H42N8O12S3/c1-65(59,60)50-19-16-29(22-50)38(54)46-32(39(55)49-43-47-33(25-64-43)27-6-3-2-4-7-27)24-63-23-26-10-12-28(13-11-26)37(53)45-18-21-66(61,62)20-17-44-31-9-5-8-30-36(31)42(58)51(41(30)57)34-14-15-35(52)48-40(34)56/h2-13,16,19,22,25,32,34,44H,14-15,17-18,20-21,23-24H2,1H3,(H,45,53)(H,46,54)(H,47,49,55)(H,48,52,56)/t32-,34?/m0/s1. The molecule has 0 aliphatic carbocycles. The summed E-state index contributed by atoms with van der Waals surface area (Å²) < 4.78 is 56.3. The lowest BCUT2D eigenvalue weighted by molar-refractivity contribution is -0.136. The Labute approximate surface area is 382 Å². The van der Waals surface area contributed by atoms with Crippen molar-refractivity contribution in [2.75, 3.05) is 48.1 Å². The van der Waals surface area contributed by atoms with Crippen LogP contribution in [0.15, 0.2) is 96.6 Å². The molecule has 7 amide bonds. The van der Waals surface area contributed by atoms with Gasteiger partial charge in [-0.05, 0) is 42.3 Å². The Hall–Kier alpha value is -7.08. The molecule has 23 heteroatoms. The summed E-state index contributed by atoms with van der Waals surface area (Å²) in [5, 5.41) is 14.9. The maximum absolute atomic E-state index is 13.5. The predicted molar refractivity (Wildman–Crippen MR) is 241 cm³/mol. The number of carbonyl (C=O) groups excluding carboxylic acids is 7. The maximum Gasteiger partial charge on any atom is 0.264 e. The molecule has 4 heterocycles. The third-order valence-electron chi connectivity index (χ3n) is 10.4. The van der Waals surface area contributed by atoms with Crippen molar-refractivity contribution in [2.45, 2.75) is 31.5 Å². The van der Waals surface area contributed by atoms with Crippen molar-refractivity contribution in [2.24, 2.45) is 0 Å². The van der Waals surface area contributed by atoms with E-state index in [4.69, 9.17) is 4.74 Å². The van der Waals surface area contributed by atoms with Crippen LogP contribution in [-0.2, 0) is 45.6 Å². The molecule has 2 atom stereocenters. The van der Waals surface area contributed by atoms with Crippen LogP contribution in [0.4, 0.5) is 10.8 Å². The molecule has 2 aliphatic heterocycles. The Balaban J connectivity index is 0.884. The highest BCUT2D eigenvalue weighted by atomic mass is 32.2. The zero-order valence-corrected chi connectivity index (χ0v) is 37.5. The van der Waals surface area contributed by atoms with Crippen LogP contribution in [-0.4, -0.2) is 122 Å². The highest BCUT2D eigenvalue weighted by Crippen LogP contribution is 2.32. The quantitative estimate of drug-likeness (QED) is 0.0742. The number of amides is 7. The predicted octanol–water partition coefficient (Wildman–Crippen LogP) is 2.03. The second kappa shape index (κ2) is 20.0. The van der Waals surface area contributed by atoms with Crippen LogP contribution >= 0.6 is 11.3 Å².